The summed E-state index contributed by atoms with van der Waals surface area (Å²) in [5.41, 5.74) is 1.57. The van der Waals surface area contributed by atoms with Gasteiger partial charge in [0.15, 0.2) is 5.15 Å². The number of hydrogen-bond acceptors (Lipinski definition) is 5. The van der Waals surface area contributed by atoms with Crippen LogP contribution in [0, 0.1) is 0 Å². The van der Waals surface area contributed by atoms with E-state index in [1.165, 1.54) is 0 Å². The van der Waals surface area contributed by atoms with Gasteiger partial charge in [0, 0.05) is 24.5 Å². The summed E-state index contributed by atoms with van der Waals surface area (Å²) in [6.07, 6.45) is 2.87. The van der Waals surface area contributed by atoms with Crippen LogP contribution in [0.15, 0.2) is 18.3 Å². The summed E-state index contributed by atoms with van der Waals surface area (Å²) in [6.45, 7) is 4.21. The number of anilines is 1. The molecule has 0 amide bonds. The van der Waals surface area contributed by atoms with Crippen molar-refractivity contribution in [3.8, 4) is 0 Å². The van der Waals surface area contributed by atoms with Crippen molar-refractivity contribution in [1.82, 2.24) is 9.97 Å². The van der Waals surface area contributed by atoms with Crippen LogP contribution in [0.1, 0.15) is 12.5 Å². The number of aromatic nitrogens is 2. The van der Waals surface area contributed by atoms with Gasteiger partial charge in [0.1, 0.15) is 17.6 Å². The third kappa shape index (κ3) is 2.71. The zero-order valence-corrected chi connectivity index (χ0v) is 12.5. The predicted octanol–water partition coefficient (Wildman–Crippen LogP) is 2.25. The molecule has 0 radical (unpaired) electrons. The summed E-state index contributed by atoms with van der Waals surface area (Å²) in [4.78, 5) is 21.9. The van der Waals surface area contributed by atoms with Gasteiger partial charge in [-0.3, -0.25) is 0 Å². The van der Waals surface area contributed by atoms with Crippen LogP contribution in [0.2, 0.25) is 5.15 Å². The quantitative estimate of drug-likeness (QED) is 0.643. The lowest BCUT2D eigenvalue weighted by molar-refractivity contribution is -0.107. The van der Waals surface area contributed by atoms with Gasteiger partial charge in [0.25, 0.3) is 0 Å². The summed E-state index contributed by atoms with van der Waals surface area (Å²) in [7, 11) is 0. The van der Waals surface area contributed by atoms with Gasteiger partial charge >= 0.3 is 0 Å². The first-order chi connectivity index (χ1) is 10.2. The van der Waals surface area contributed by atoms with Crippen LogP contribution in [-0.4, -0.2) is 42.1 Å². The maximum absolute atomic E-state index is 11.0. The fourth-order valence-electron chi connectivity index (χ4n) is 2.65. The minimum absolute atomic E-state index is 0.239. The number of rotatable bonds is 3. The number of hydrogen-bond donors (Lipinski definition) is 0. The lowest BCUT2D eigenvalue weighted by Gasteiger charge is -2.34. The lowest BCUT2D eigenvalue weighted by Crippen LogP contribution is -2.44. The Morgan fingerprint density at radius 3 is 3.19 bits per heavy atom. The molecule has 0 spiro atoms. The lowest BCUT2D eigenvalue weighted by atomic mass is 10.1. The van der Waals surface area contributed by atoms with Crippen LogP contribution in [0.5, 0.6) is 0 Å². The second-order valence-electron chi connectivity index (χ2n) is 5.13. The molecule has 0 aromatic carbocycles. The van der Waals surface area contributed by atoms with Gasteiger partial charge in [0.2, 0.25) is 0 Å². The summed E-state index contributed by atoms with van der Waals surface area (Å²) >= 11 is 6.17. The summed E-state index contributed by atoms with van der Waals surface area (Å²) < 4.78 is 5.46. The van der Waals surface area contributed by atoms with Gasteiger partial charge in [-0.25, -0.2) is 9.97 Å². The van der Waals surface area contributed by atoms with Crippen molar-refractivity contribution in [2.75, 3.05) is 24.7 Å². The zero-order valence-electron chi connectivity index (χ0n) is 11.8. The van der Waals surface area contributed by atoms with Crippen molar-refractivity contribution in [2.24, 2.45) is 0 Å². The topological polar surface area (TPSA) is 55.3 Å². The van der Waals surface area contributed by atoms with Gasteiger partial charge in [-0.2, -0.15) is 0 Å². The fraction of sp³-hybridized carbons (Fsp3) is 0.400. The molecule has 1 atom stereocenters. The van der Waals surface area contributed by atoms with Gasteiger partial charge < -0.3 is 14.4 Å². The minimum atomic E-state index is 0.239. The number of aldehydes is 1. The molecule has 5 nitrogen and oxygen atoms in total. The first-order valence-corrected chi connectivity index (χ1v) is 7.30. The Morgan fingerprint density at radius 2 is 2.43 bits per heavy atom. The Bertz CT molecular complexity index is 677. The van der Waals surface area contributed by atoms with E-state index in [0.717, 1.165) is 29.6 Å². The number of ether oxygens (including phenoxy) is 1. The molecule has 1 aliphatic heterocycles. The Morgan fingerprint density at radius 1 is 1.57 bits per heavy atom. The van der Waals surface area contributed by atoms with Crippen LogP contribution in [0.25, 0.3) is 10.9 Å². The van der Waals surface area contributed by atoms with Gasteiger partial charge in [0.05, 0.1) is 19.3 Å². The van der Waals surface area contributed by atoms with Crippen molar-refractivity contribution in [3.63, 3.8) is 0 Å². The molecule has 3 rings (SSSR count). The molecule has 2 aromatic rings. The van der Waals surface area contributed by atoms with Crippen molar-refractivity contribution >= 4 is 34.6 Å². The molecule has 0 bridgehead atoms. The van der Waals surface area contributed by atoms with E-state index in [1.54, 1.807) is 6.20 Å². The Balaban J connectivity index is 2.14. The van der Waals surface area contributed by atoms with Crippen molar-refractivity contribution in [1.29, 1.82) is 0 Å². The van der Waals surface area contributed by atoms with E-state index in [2.05, 4.69) is 21.8 Å². The molecule has 0 aliphatic carbocycles. The predicted molar refractivity (Wildman–Crippen MR) is 81.9 cm³/mol. The van der Waals surface area contributed by atoms with Crippen molar-refractivity contribution < 1.29 is 9.53 Å². The second-order valence-corrected chi connectivity index (χ2v) is 5.48. The highest BCUT2D eigenvalue weighted by atomic mass is 35.5. The van der Waals surface area contributed by atoms with Crippen LogP contribution < -0.4 is 4.90 Å². The van der Waals surface area contributed by atoms with E-state index in [9.17, 15) is 4.79 Å². The fourth-order valence-corrected chi connectivity index (χ4v) is 2.85. The number of halogens is 1. The molecule has 21 heavy (non-hydrogen) atoms. The first kappa shape index (κ1) is 14.2. The molecule has 0 saturated carbocycles. The molecule has 3 heterocycles. The van der Waals surface area contributed by atoms with E-state index in [1.807, 2.05) is 12.1 Å². The molecule has 0 unspecified atom stereocenters. The summed E-state index contributed by atoms with van der Waals surface area (Å²) in [5, 5.41) is 1.24. The SMILES string of the molecule is C[C@@H]1COCCN1c1cc(CC=O)c2ccnc(Cl)c2n1. The van der Waals surface area contributed by atoms with Crippen LogP contribution in [-0.2, 0) is 16.0 Å². The number of fused-ring (bicyclic) bond motifs is 1. The zero-order chi connectivity index (χ0) is 14.8. The summed E-state index contributed by atoms with van der Waals surface area (Å²) in [5.74, 6) is 0.824. The third-order valence-electron chi connectivity index (χ3n) is 3.72. The molecular weight excluding hydrogens is 290 g/mol. The number of nitrogens with zero attached hydrogens (tertiary/aromatic N) is 3. The third-order valence-corrected chi connectivity index (χ3v) is 4.00. The molecule has 1 fully saturated rings. The molecular formula is C15H16ClN3O2. The maximum atomic E-state index is 11.0. The number of pyridine rings is 2. The molecule has 110 valence electrons. The normalized spacial score (nSPS) is 19.0. The second kappa shape index (κ2) is 5.95. The van der Waals surface area contributed by atoms with Gasteiger partial charge in [-0.05, 0) is 24.6 Å². The minimum Gasteiger partial charge on any atom is -0.377 e. The smallest absolute Gasteiger partial charge is 0.155 e. The Labute approximate surface area is 127 Å². The standard InChI is InChI=1S/C15H16ClN3O2/c1-10-9-21-7-5-19(10)13-8-11(3-6-20)12-2-4-17-15(16)14(12)18-13/h2,4,6,8,10H,3,5,7,9H2,1H3/t10-/m1/s1. The molecule has 2 aromatic heterocycles. The van der Waals surface area contributed by atoms with E-state index >= 15 is 0 Å². The van der Waals surface area contributed by atoms with Crippen LogP contribution in [0.4, 0.5) is 5.82 Å². The molecule has 6 heteroatoms. The molecule has 0 N–H and O–H groups in total. The van der Waals surface area contributed by atoms with Gasteiger partial charge in [-0.1, -0.05) is 11.6 Å². The van der Waals surface area contributed by atoms with Gasteiger partial charge in [-0.15, -0.1) is 0 Å². The number of carbonyl (C=O) groups excluding carboxylic acids is 1. The monoisotopic (exact) mass is 305 g/mol. The average molecular weight is 306 g/mol. The number of carbonyl (C=O) groups is 1. The van der Waals surface area contributed by atoms with Crippen molar-refractivity contribution in [3.05, 3.63) is 29.0 Å². The largest absolute Gasteiger partial charge is 0.377 e. The van der Waals surface area contributed by atoms with Crippen LogP contribution >= 0.6 is 11.6 Å². The maximum Gasteiger partial charge on any atom is 0.155 e. The molecule has 1 aliphatic rings. The number of morpholine rings is 1. The highest BCUT2D eigenvalue weighted by Gasteiger charge is 2.21. The Kier molecular flexibility index (Phi) is 4.03. The van der Waals surface area contributed by atoms with E-state index in [4.69, 9.17) is 16.3 Å². The van der Waals surface area contributed by atoms with E-state index in [-0.39, 0.29) is 6.04 Å². The van der Waals surface area contributed by atoms with E-state index < -0.39 is 0 Å². The first-order valence-electron chi connectivity index (χ1n) is 6.93. The van der Waals surface area contributed by atoms with Crippen LogP contribution in [0.3, 0.4) is 0 Å². The highest BCUT2D eigenvalue weighted by molar-refractivity contribution is 6.33. The summed E-state index contributed by atoms with van der Waals surface area (Å²) in [6, 6.07) is 4.05. The van der Waals surface area contributed by atoms with Crippen molar-refractivity contribution in [2.45, 2.75) is 19.4 Å². The molecule has 1 saturated heterocycles. The Hall–Kier alpha value is -1.72. The highest BCUT2D eigenvalue weighted by Crippen LogP contribution is 2.28. The van der Waals surface area contributed by atoms with E-state index in [0.29, 0.717) is 30.3 Å². The average Bonchev–Trinajstić information content (AvgIpc) is 2.49.